The number of nitrogens with one attached hydrogen (secondary N) is 1. The van der Waals surface area contributed by atoms with Crippen molar-refractivity contribution >= 4 is 29.0 Å². The van der Waals surface area contributed by atoms with Crippen LogP contribution in [-0.4, -0.2) is 60.9 Å². The Morgan fingerprint density at radius 1 is 1.16 bits per heavy atom. The zero-order valence-corrected chi connectivity index (χ0v) is 20.1. The van der Waals surface area contributed by atoms with E-state index in [0.29, 0.717) is 42.2 Å². The van der Waals surface area contributed by atoms with E-state index in [-0.39, 0.29) is 11.7 Å². The van der Waals surface area contributed by atoms with E-state index < -0.39 is 0 Å². The lowest BCUT2D eigenvalue weighted by atomic mass is 10.2. The number of carbonyl (C=O) groups is 1. The first kappa shape index (κ1) is 24.1. The summed E-state index contributed by atoms with van der Waals surface area (Å²) in [7, 11) is 4.88. The maximum atomic E-state index is 12.3. The van der Waals surface area contributed by atoms with E-state index in [9.17, 15) is 4.79 Å². The summed E-state index contributed by atoms with van der Waals surface area (Å²) in [4.78, 5) is 13.6. The quantitative estimate of drug-likeness (QED) is 0.298. The Morgan fingerprint density at radius 3 is 2.72 bits per heavy atom. The van der Waals surface area contributed by atoms with E-state index in [1.165, 1.54) is 16.6 Å². The van der Waals surface area contributed by atoms with Gasteiger partial charge in [-0.25, -0.2) is 0 Å². The lowest BCUT2D eigenvalue weighted by Crippen LogP contribution is -2.27. The van der Waals surface area contributed by atoms with Crippen molar-refractivity contribution in [2.24, 2.45) is 0 Å². The van der Waals surface area contributed by atoms with Gasteiger partial charge in [0.1, 0.15) is 0 Å². The fraction of sp³-hybridized carbons (Fsp3) is 0.409. The SMILES string of the molecule is COCCCn1c(SCC(=O)NCCc2cccs2)nnc1-c1ccc(OC)c(OC)c1. The average Bonchev–Trinajstić information content (AvgIpc) is 3.47. The van der Waals surface area contributed by atoms with Crippen molar-refractivity contribution in [3.8, 4) is 22.9 Å². The molecule has 0 fully saturated rings. The predicted octanol–water partition coefficient (Wildman–Crippen LogP) is 3.51. The van der Waals surface area contributed by atoms with Crippen molar-refractivity contribution < 1.29 is 19.0 Å². The number of hydrogen-bond acceptors (Lipinski definition) is 8. The summed E-state index contributed by atoms with van der Waals surface area (Å²) in [5.74, 6) is 2.23. The maximum absolute atomic E-state index is 12.3. The Hall–Kier alpha value is -2.56. The summed E-state index contributed by atoms with van der Waals surface area (Å²) in [5, 5.41) is 14.4. The summed E-state index contributed by atoms with van der Waals surface area (Å²) in [6.45, 7) is 1.92. The second-order valence-electron chi connectivity index (χ2n) is 6.84. The van der Waals surface area contributed by atoms with Gasteiger partial charge in [-0.05, 0) is 42.5 Å². The molecule has 0 radical (unpaired) electrons. The third-order valence-corrected chi connectivity index (χ3v) is 6.60. The molecule has 8 nitrogen and oxygen atoms in total. The largest absolute Gasteiger partial charge is 0.493 e. The van der Waals surface area contributed by atoms with Crippen LogP contribution in [0.5, 0.6) is 11.5 Å². The minimum Gasteiger partial charge on any atom is -0.493 e. The molecular formula is C22H28N4O4S2. The van der Waals surface area contributed by atoms with Crippen LogP contribution < -0.4 is 14.8 Å². The summed E-state index contributed by atoms with van der Waals surface area (Å²) in [5.41, 5.74) is 0.861. The minimum absolute atomic E-state index is 0.0225. The van der Waals surface area contributed by atoms with Crippen molar-refractivity contribution in [2.75, 3.05) is 40.2 Å². The number of nitrogens with zero attached hydrogens (tertiary/aromatic N) is 3. The molecule has 1 amide bonds. The Morgan fingerprint density at radius 2 is 2.00 bits per heavy atom. The molecule has 10 heteroatoms. The van der Waals surface area contributed by atoms with Gasteiger partial charge in [-0.2, -0.15) is 0 Å². The molecule has 0 aliphatic heterocycles. The number of thioether (sulfide) groups is 1. The first-order valence-corrected chi connectivity index (χ1v) is 12.1. The Kier molecular flexibility index (Phi) is 9.39. The number of hydrogen-bond donors (Lipinski definition) is 1. The molecule has 0 atom stereocenters. The molecule has 2 aromatic heterocycles. The van der Waals surface area contributed by atoms with Crippen LogP contribution in [0.1, 0.15) is 11.3 Å². The standard InChI is InChI=1S/C22H28N4O4S2/c1-28-12-5-11-26-21(16-7-8-18(29-2)19(14-16)30-3)24-25-22(26)32-15-20(27)23-10-9-17-6-4-13-31-17/h4,6-8,13-14H,5,9-12,15H2,1-3H3,(H,23,27). The van der Waals surface area contributed by atoms with Gasteiger partial charge in [0.15, 0.2) is 22.5 Å². The monoisotopic (exact) mass is 476 g/mol. The summed E-state index contributed by atoms with van der Waals surface area (Å²) in [6, 6.07) is 9.73. The second kappa shape index (κ2) is 12.5. The van der Waals surface area contributed by atoms with Crippen LogP contribution in [0, 0.1) is 0 Å². The number of methoxy groups -OCH3 is 3. The molecule has 32 heavy (non-hydrogen) atoms. The van der Waals surface area contributed by atoms with Crippen LogP contribution in [0.4, 0.5) is 0 Å². The van der Waals surface area contributed by atoms with Gasteiger partial charge in [-0.3, -0.25) is 4.79 Å². The predicted molar refractivity (Wildman–Crippen MR) is 127 cm³/mol. The lowest BCUT2D eigenvalue weighted by Gasteiger charge is -2.12. The Balaban J connectivity index is 1.68. The fourth-order valence-corrected chi connectivity index (χ4v) is 4.62. The zero-order chi connectivity index (χ0) is 22.8. The third-order valence-electron chi connectivity index (χ3n) is 4.69. The highest BCUT2D eigenvalue weighted by Gasteiger charge is 2.17. The van der Waals surface area contributed by atoms with Crippen molar-refractivity contribution in [2.45, 2.75) is 24.5 Å². The number of thiophene rings is 1. The molecule has 172 valence electrons. The first-order valence-electron chi connectivity index (χ1n) is 10.2. The van der Waals surface area contributed by atoms with Gasteiger partial charge in [-0.1, -0.05) is 17.8 Å². The number of benzene rings is 1. The molecule has 0 unspecified atom stereocenters. The lowest BCUT2D eigenvalue weighted by molar-refractivity contribution is -0.118. The smallest absolute Gasteiger partial charge is 0.230 e. The maximum Gasteiger partial charge on any atom is 0.230 e. The molecule has 0 spiro atoms. The molecule has 2 heterocycles. The van der Waals surface area contributed by atoms with Gasteiger partial charge < -0.3 is 24.1 Å². The van der Waals surface area contributed by atoms with E-state index >= 15 is 0 Å². The van der Waals surface area contributed by atoms with Crippen molar-refractivity contribution in [3.05, 3.63) is 40.6 Å². The number of aromatic nitrogens is 3. The molecule has 3 rings (SSSR count). The minimum atomic E-state index is -0.0225. The summed E-state index contributed by atoms with van der Waals surface area (Å²) < 4.78 is 18.0. The highest BCUT2D eigenvalue weighted by atomic mass is 32.2. The van der Waals surface area contributed by atoms with Gasteiger partial charge in [0.05, 0.1) is 20.0 Å². The molecular weight excluding hydrogens is 448 g/mol. The van der Waals surface area contributed by atoms with Crippen LogP contribution in [0.3, 0.4) is 0 Å². The van der Waals surface area contributed by atoms with Crippen molar-refractivity contribution in [1.82, 2.24) is 20.1 Å². The van der Waals surface area contributed by atoms with Crippen LogP contribution in [-0.2, 0) is 22.5 Å². The Bertz CT molecular complexity index is 992. The highest BCUT2D eigenvalue weighted by molar-refractivity contribution is 7.99. The topological polar surface area (TPSA) is 87.5 Å². The Labute approximate surface area is 196 Å². The van der Waals surface area contributed by atoms with Crippen molar-refractivity contribution in [3.63, 3.8) is 0 Å². The van der Waals surface area contributed by atoms with E-state index in [4.69, 9.17) is 14.2 Å². The number of carbonyl (C=O) groups excluding carboxylic acids is 1. The number of rotatable bonds is 13. The number of amides is 1. The molecule has 0 aliphatic carbocycles. The van der Waals surface area contributed by atoms with E-state index in [1.54, 1.807) is 32.7 Å². The molecule has 0 bridgehead atoms. The fourth-order valence-electron chi connectivity index (χ4n) is 3.11. The molecule has 0 aliphatic rings. The summed E-state index contributed by atoms with van der Waals surface area (Å²) >= 11 is 3.07. The molecule has 0 saturated carbocycles. The van der Waals surface area contributed by atoms with Gasteiger partial charge in [0, 0.05) is 37.2 Å². The van der Waals surface area contributed by atoms with Crippen LogP contribution in [0.2, 0.25) is 0 Å². The first-order chi connectivity index (χ1) is 15.7. The summed E-state index contributed by atoms with van der Waals surface area (Å²) in [6.07, 6.45) is 1.64. The van der Waals surface area contributed by atoms with Crippen LogP contribution in [0.15, 0.2) is 40.9 Å². The van der Waals surface area contributed by atoms with Gasteiger partial charge in [-0.15, -0.1) is 21.5 Å². The molecule has 0 saturated heterocycles. The van der Waals surface area contributed by atoms with Gasteiger partial charge in [0.25, 0.3) is 0 Å². The average molecular weight is 477 g/mol. The number of ether oxygens (including phenoxy) is 3. The third kappa shape index (κ3) is 6.47. The molecule has 1 N–H and O–H groups in total. The van der Waals surface area contributed by atoms with Crippen LogP contribution in [0.25, 0.3) is 11.4 Å². The van der Waals surface area contributed by atoms with E-state index in [2.05, 4.69) is 21.6 Å². The molecule has 1 aromatic carbocycles. The molecule has 3 aromatic rings. The second-order valence-corrected chi connectivity index (χ2v) is 8.82. The zero-order valence-electron chi connectivity index (χ0n) is 18.5. The van der Waals surface area contributed by atoms with Gasteiger partial charge >= 0.3 is 0 Å². The normalized spacial score (nSPS) is 10.8. The van der Waals surface area contributed by atoms with E-state index in [0.717, 1.165) is 18.4 Å². The van der Waals surface area contributed by atoms with Crippen molar-refractivity contribution in [1.29, 1.82) is 0 Å². The van der Waals surface area contributed by atoms with Gasteiger partial charge in [0.2, 0.25) is 5.91 Å². The highest BCUT2D eigenvalue weighted by Crippen LogP contribution is 2.33. The van der Waals surface area contributed by atoms with E-state index in [1.807, 2.05) is 34.2 Å². The van der Waals surface area contributed by atoms with Crippen LogP contribution >= 0.6 is 23.1 Å².